The minimum Gasteiger partial charge on any atom is -0.323 e. The van der Waals surface area contributed by atoms with E-state index < -0.39 is 28.9 Å². The zero-order valence-electron chi connectivity index (χ0n) is 9.92. The molecule has 2 N–H and O–H groups in total. The summed E-state index contributed by atoms with van der Waals surface area (Å²) in [7, 11) is 0. The van der Waals surface area contributed by atoms with E-state index in [4.69, 9.17) is 5.73 Å². The summed E-state index contributed by atoms with van der Waals surface area (Å²) in [5, 5.41) is -0.978. The highest BCUT2D eigenvalue weighted by molar-refractivity contribution is 7.11. The monoisotopic (exact) mass is 308 g/mol. The number of hydrogen-bond acceptors (Lipinski definition) is 3. The normalized spacial score (nSPS) is 13.5. The third-order valence-corrected chi connectivity index (χ3v) is 3.75. The lowest BCUT2D eigenvalue weighted by Crippen LogP contribution is -2.12. The number of hydrogen-bond donors (Lipinski definition) is 1. The number of alkyl halides is 3. The van der Waals surface area contributed by atoms with Crippen LogP contribution >= 0.6 is 11.3 Å². The molecular weight excluding hydrogens is 299 g/mol. The fraction of sp³-hybridized carbons (Fsp3) is 0.250. The van der Waals surface area contributed by atoms with Crippen molar-refractivity contribution in [1.82, 2.24) is 4.98 Å². The van der Waals surface area contributed by atoms with Crippen LogP contribution in [0.2, 0.25) is 0 Å². The summed E-state index contributed by atoms with van der Waals surface area (Å²) in [5.74, 6) is -2.01. The van der Waals surface area contributed by atoms with E-state index in [0.717, 1.165) is 18.3 Å². The Balaban J connectivity index is 2.13. The minimum atomic E-state index is -4.51. The Morgan fingerprint density at radius 3 is 2.45 bits per heavy atom. The molecule has 1 unspecified atom stereocenters. The lowest BCUT2D eigenvalue weighted by Gasteiger charge is -2.09. The molecule has 1 aromatic carbocycles. The van der Waals surface area contributed by atoms with E-state index in [1.54, 1.807) is 0 Å². The number of nitrogens with zero attached hydrogens (tertiary/aromatic N) is 1. The predicted octanol–water partition coefficient (Wildman–Crippen LogP) is 3.68. The molecule has 0 aliphatic heterocycles. The second kappa shape index (κ2) is 5.45. The Bertz CT molecular complexity index is 608. The smallest absolute Gasteiger partial charge is 0.323 e. The summed E-state index contributed by atoms with van der Waals surface area (Å²) in [6, 6.07) is 2.50. The average molecular weight is 308 g/mol. The second-order valence-corrected chi connectivity index (χ2v) is 5.19. The topological polar surface area (TPSA) is 38.9 Å². The van der Waals surface area contributed by atoms with Crippen LogP contribution in [0.5, 0.6) is 0 Å². The van der Waals surface area contributed by atoms with Crippen LogP contribution in [0.1, 0.15) is 21.5 Å². The Morgan fingerprint density at radius 1 is 1.20 bits per heavy atom. The summed E-state index contributed by atoms with van der Waals surface area (Å²) >= 11 is 0.446. The maximum absolute atomic E-state index is 13.0. The molecule has 1 heterocycles. The molecule has 20 heavy (non-hydrogen) atoms. The predicted molar refractivity (Wildman–Crippen MR) is 64.1 cm³/mol. The van der Waals surface area contributed by atoms with Gasteiger partial charge in [0.1, 0.15) is 0 Å². The molecule has 2 aromatic rings. The molecule has 0 spiro atoms. The number of thiazole rings is 1. The van der Waals surface area contributed by atoms with Crippen LogP contribution in [0.3, 0.4) is 0 Å². The molecule has 2 nitrogen and oxygen atoms in total. The van der Waals surface area contributed by atoms with Gasteiger partial charge < -0.3 is 5.73 Å². The molecule has 0 amide bonds. The van der Waals surface area contributed by atoms with Gasteiger partial charge in [0.25, 0.3) is 0 Å². The van der Waals surface area contributed by atoms with Gasteiger partial charge >= 0.3 is 6.18 Å². The summed E-state index contributed by atoms with van der Waals surface area (Å²) in [4.78, 5) is 3.50. The molecule has 0 aliphatic carbocycles. The average Bonchev–Trinajstić information content (AvgIpc) is 2.83. The van der Waals surface area contributed by atoms with Gasteiger partial charge in [-0.25, -0.2) is 13.8 Å². The molecule has 0 aliphatic rings. The van der Waals surface area contributed by atoms with Crippen LogP contribution in [0.15, 0.2) is 24.4 Å². The molecular formula is C12H9F5N2S. The third kappa shape index (κ3) is 3.31. The fourth-order valence-corrected chi connectivity index (χ4v) is 2.39. The van der Waals surface area contributed by atoms with Gasteiger partial charge in [-0.05, 0) is 24.1 Å². The fourth-order valence-electron chi connectivity index (χ4n) is 1.61. The first-order valence-electron chi connectivity index (χ1n) is 5.50. The number of rotatable bonds is 3. The van der Waals surface area contributed by atoms with E-state index in [-0.39, 0.29) is 11.3 Å². The van der Waals surface area contributed by atoms with Gasteiger partial charge in [-0.1, -0.05) is 6.07 Å². The first kappa shape index (κ1) is 14.9. The highest BCUT2D eigenvalue weighted by atomic mass is 32.1. The van der Waals surface area contributed by atoms with Gasteiger partial charge in [0.2, 0.25) is 0 Å². The van der Waals surface area contributed by atoms with Crippen molar-refractivity contribution < 1.29 is 22.0 Å². The zero-order chi connectivity index (χ0) is 14.9. The molecule has 0 saturated heterocycles. The van der Waals surface area contributed by atoms with Gasteiger partial charge in [0.05, 0.1) is 0 Å². The maximum Gasteiger partial charge on any atom is 0.443 e. The number of aromatic nitrogens is 1. The molecule has 1 aromatic heterocycles. The molecule has 0 radical (unpaired) electrons. The van der Waals surface area contributed by atoms with Crippen LogP contribution < -0.4 is 5.73 Å². The van der Waals surface area contributed by atoms with Gasteiger partial charge in [-0.2, -0.15) is 13.2 Å². The molecule has 0 saturated carbocycles. The summed E-state index contributed by atoms with van der Waals surface area (Å²) in [5.41, 5.74) is 6.16. The number of nitrogens with two attached hydrogens (primary N) is 1. The van der Waals surface area contributed by atoms with Crippen molar-refractivity contribution in [3.63, 3.8) is 0 Å². The highest BCUT2D eigenvalue weighted by Crippen LogP contribution is 2.34. The maximum atomic E-state index is 13.0. The van der Waals surface area contributed by atoms with Crippen LogP contribution in [0.25, 0.3) is 0 Å². The lowest BCUT2D eigenvalue weighted by molar-refractivity contribution is -0.137. The quantitative estimate of drug-likeness (QED) is 0.879. The lowest BCUT2D eigenvalue weighted by atomic mass is 10.1. The third-order valence-electron chi connectivity index (χ3n) is 2.57. The van der Waals surface area contributed by atoms with Crippen LogP contribution in [-0.4, -0.2) is 4.98 Å². The summed E-state index contributed by atoms with van der Waals surface area (Å²) in [6.45, 7) is 0. The van der Waals surface area contributed by atoms with Crippen LogP contribution in [0.4, 0.5) is 22.0 Å². The Labute approximate surface area is 115 Å². The van der Waals surface area contributed by atoms with Crippen molar-refractivity contribution in [2.45, 2.75) is 18.6 Å². The van der Waals surface area contributed by atoms with Gasteiger partial charge in [0, 0.05) is 17.1 Å². The zero-order valence-corrected chi connectivity index (χ0v) is 10.7. The summed E-state index contributed by atoms with van der Waals surface area (Å²) in [6.07, 6.45) is -3.36. The van der Waals surface area contributed by atoms with E-state index in [9.17, 15) is 22.0 Å². The van der Waals surface area contributed by atoms with Gasteiger partial charge in [-0.3, -0.25) is 0 Å². The van der Waals surface area contributed by atoms with Gasteiger partial charge in [0.15, 0.2) is 16.6 Å². The Kier molecular flexibility index (Phi) is 4.05. The van der Waals surface area contributed by atoms with Crippen molar-refractivity contribution in [3.8, 4) is 0 Å². The first-order valence-corrected chi connectivity index (χ1v) is 6.31. The molecule has 2 rings (SSSR count). The Hall–Kier alpha value is -1.54. The van der Waals surface area contributed by atoms with Crippen LogP contribution in [-0.2, 0) is 12.6 Å². The van der Waals surface area contributed by atoms with E-state index in [2.05, 4.69) is 4.98 Å². The van der Waals surface area contributed by atoms with Crippen molar-refractivity contribution in [2.75, 3.05) is 0 Å². The van der Waals surface area contributed by atoms with E-state index in [0.29, 0.717) is 16.9 Å². The highest BCUT2D eigenvalue weighted by Gasteiger charge is 2.35. The first-order chi connectivity index (χ1) is 9.27. The van der Waals surface area contributed by atoms with Crippen molar-refractivity contribution in [1.29, 1.82) is 0 Å². The van der Waals surface area contributed by atoms with E-state index >= 15 is 0 Å². The number of benzene rings is 1. The standard InChI is InChI=1S/C12H9F5N2S/c13-7-2-1-6(3-8(7)14)4-9(18)10-5-19-11(20-10)12(15,16)17/h1-3,5,9H,4,18H2. The Morgan fingerprint density at radius 2 is 1.90 bits per heavy atom. The van der Waals surface area contributed by atoms with Crippen LogP contribution in [0, 0.1) is 11.6 Å². The molecule has 8 heteroatoms. The molecule has 0 bridgehead atoms. The summed E-state index contributed by atoms with van der Waals surface area (Å²) < 4.78 is 63.0. The largest absolute Gasteiger partial charge is 0.443 e. The van der Waals surface area contributed by atoms with E-state index in [1.807, 2.05) is 0 Å². The van der Waals surface area contributed by atoms with Crippen molar-refractivity contribution >= 4 is 11.3 Å². The minimum absolute atomic E-state index is 0.0939. The molecule has 108 valence electrons. The second-order valence-electron chi connectivity index (χ2n) is 4.12. The van der Waals surface area contributed by atoms with Crippen molar-refractivity contribution in [2.24, 2.45) is 5.73 Å². The molecule has 1 atom stereocenters. The molecule has 0 fully saturated rings. The van der Waals surface area contributed by atoms with E-state index in [1.165, 1.54) is 6.07 Å². The SMILES string of the molecule is NC(Cc1ccc(F)c(F)c1)c1cnc(C(F)(F)F)s1. The van der Waals surface area contributed by atoms with Gasteiger partial charge in [-0.15, -0.1) is 11.3 Å². The van der Waals surface area contributed by atoms with Crippen molar-refractivity contribution in [3.05, 3.63) is 51.5 Å². The number of halogens is 5.